The first-order chi connectivity index (χ1) is 8.29. The highest BCUT2D eigenvalue weighted by molar-refractivity contribution is 7.09. The van der Waals surface area contributed by atoms with Crippen molar-refractivity contribution in [3.8, 4) is 0 Å². The number of nitrogens with one attached hydrogen (secondary N) is 2. The van der Waals surface area contributed by atoms with Crippen molar-refractivity contribution in [2.24, 2.45) is 0 Å². The number of thiophene rings is 1. The van der Waals surface area contributed by atoms with Gasteiger partial charge in [0.2, 0.25) is 0 Å². The van der Waals surface area contributed by atoms with Gasteiger partial charge in [-0.1, -0.05) is 6.07 Å². The third kappa shape index (κ3) is 3.42. The van der Waals surface area contributed by atoms with Crippen LogP contribution in [0, 0.1) is 0 Å². The molecule has 1 fully saturated rings. The topological polar surface area (TPSA) is 59.6 Å². The van der Waals surface area contributed by atoms with E-state index in [9.17, 15) is 4.79 Å². The van der Waals surface area contributed by atoms with Crippen LogP contribution in [0.15, 0.2) is 17.5 Å². The molecule has 17 heavy (non-hydrogen) atoms. The first-order valence-corrected chi connectivity index (χ1v) is 6.35. The quantitative estimate of drug-likeness (QED) is 0.843. The summed E-state index contributed by atoms with van der Waals surface area (Å²) in [6.07, 6.45) is -0.0533. The number of carbonyl (C=O) groups is 1. The summed E-state index contributed by atoms with van der Waals surface area (Å²) >= 11 is 1.62. The summed E-state index contributed by atoms with van der Waals surface area (Å²) in [5.74, 6) is 0. The standard InChI is InChI=1S/C11H16N2O3S/c1-15-10-7-16-6-9(10)13-11(14)12-5-8-3-2-4-17-8/h2-4,9-10H,5-7H2,1H3,(H2,12,13,14)/t9-,10-/m0/s1. The van der Waals surface area contributed by atoms with Crippen molar-refractivity contribution < 1.29 is 14.3 Å². The second kappa shape index (κ2) is 6.00. The van der Waals surface area contributed by atoms with Crippen LogP contribution in [0.25, 0.3) is 0 Å². The fraction of sp³-hybridized carbons (Fsp3) is 0.545. The normalized spacial score (nSPS) is 23.6. The fourth-order valence-electron chi connectivity index (χ4n) is 1.70. The van der Waals surface area contributed by atoms with Crippen LogP contribution in [0.5, 0.6) is 0 Å². The first kappa shape index (κ1) is 12.3. The van der Waals surface area contributed by atoms with Gasteiger partial charge in [-0.25, -0.2) is 4.79 Å². The number of hydrogen-bond acceptors (Lipinski definition) is 4. The lowest BCUT2D eigenvalue weighted by Gasteiger charge is -2.17. The molecule has 1 aromatic heterocycles. The van der Waals surface area contributed by atoms with E-state index in [1.54, 1.807) is 18.4 Å². The smallest absolute Gasteiger partial charge is 0.315 e. The third-order valence-corrected chi connectivity index (χ3v) is 3.53. The highest BCUT2D eigenvalue weighted by Gasteiger charge is 2.29. The highest BCUT2D eigenvalue weighted by atomic mass is 32.1. The number of methoxy groups -OCH3 is 1. The van der Waals surface area contributed by atoms with Crippen molar-refractivity contribution in [1.82, 2.24) is 10.6 Å². The zero-order valence-corrected chi connectivity index (χ0v) is 10.5. The molecule has 2 rings (SSSR count). The lowest BCUT2D eigenvalue weighted by atomic mass is 10.2. The van der Waals surface area contributed by atoms with E-state index in [-0.39, 0.29) is 18.2 Å². The van der Waals surface area contributed by atoms with Gasteiger partial charge in [-0.3, -0.25) is 0 Å². The Balaban J connectivity index is 1.73. The predicted molar refractivity (Wildman–Crippen MR) is 65.1 cm³/mol. The molecule has 1 saturated heterocycles. The minimum absolute atomic E-state index is 0.0533. The highest BCUT2D eigenvalue weighted by Crippen LogP contribution is 2.09. The van der Waals surface area contributed by atoms with Gasteiger partial charge in [-0.05, 0) is 11.4 Å². The van der Waals surface area contributed by atoms with Crippen molar-refractivity contribution in [3.05, 3.63) is 22.4 Å². The Labute approximate surface area is 104 Å². The second-order valence-corrected chi connectivity index (χ2v) is 4.86. The molecule has 0 aromatic carbocycles. The van der Waals surface area contributed by atoms with E-state index in [4.69, 9.17) is 9.47 Å². The maximum Gasteiger partial charge on any atom is 0.315 e. The van der Waals surface area contributed by atoms with E-state index < -0.39 is 0 Å². The van der Waals surface area contributed by atoms with E-state index in [1.807, 2.05) is 17.5 Å². The minimum atomic E-state index is -0.184. The molecule has 0 bridgehead atoms. The Kier molecular flexibility index (Phi) is 4.36. The van der Waals surface area contributed by atoms with Crippen molar-refractivity contribution in [2.45, 2.75) is 18.7 Å². The lowest BCUT2D eigenvalue weighted by molar-refractivity contribution is 0.0745. The van der Waals surface area contributed by atoms with Crippen molar-refractivity contribution in [3.63, 3.8) is 0 Å². The Morgan fingerprint density at radius 3 is 3.24 bits per heavy atom. The van der Waals surface area contributed by atoms with Gasteiger partial charge in [0.25, 0.3) is 0 Å². The first-order valence-electron chi connectivity index (χ1n) is 5.47. The summed E-state index contributed by atoms with van der Waals surface area (Å²) < 4.78 is 10.5. The molecule has 6 heteroatoms. The van der Waals surface area contributed by atoms with E-state index >= 15 is 0 Å². The number of hydrogen-bond donors (Lipinski definition) is 2. The fourth-order valence-corrected chi connectivity index (χ4v) is 2.35. The summed E-state index contributed by atoms with van der Waals surface area (Å²) in [4.78, 5) is 12.8. The van der Waals surface area contributed by atoms with Gasteiger partial charge < -0.3 is 20.1 Å². The van der Waals surface area contributed by atoms with Gasteiger partial charge in [-0.2, -0.15) is 0 Å². The van der Waals surface area contributed by atoms with Crippen LogP contribution < -0.4 is 10.6 Å². The molecule has 2 atom stereocenters. The maximum absolute atomic E-state index is 11.6. The average molecular weight is 256 g/mol. The molecule has 2 N–H and O–H groups in total. The Hall–Kier alpha value is -1.11. The van der Waals surface area contributed by atoms with Crippen molar-refractivity contribution in [2.75, 3.05) is 20.3 Å². The Bertz CT molecular complexity index is 356. The van der Waals surface area contributed by atoms with Crippen LogP contribution in [0.3, 0.4) is 0 Å². The van der Waals surface area contributed by atoms with Crippen LogP contribution in [-0.2, 0) is 16.0 Å². The van der Waals surface area contributed by atoms with E-state index in [0.29, 0.717) is 19.8 Å². The summed E-state index contributed by atoms with van der Waals surface area (Å²) in [6, 6.07) is 3.70. The summed E-state index contributed by atoms with van der Waals surface area (Å²) in [5.41, 5.74) is 0. The molecule has 0 spiro atoms. The molecule has 0 saturated carbocycles. The molecule has 0 radical (unpaired) electrons. The van der Waals surface area contributed by atoms with Crippen LogP contribution in [0.2, 0.25) is 0 Å². The third-order valence-electron chi connectivity index (χ3n) is 2.65. The molecular formula is C11H16N2O3S. The summed E-state index contributed by atoms with van der Waals surface area (Å²) in [5, 5.41) is 7.64. The lowest BCUT2D eigenvalue weighted by Crippen LogP contribution is -2.47. The van der Waals surface area contributed by atoms with Gasteiger partial charge in [0.05, 0.1) is 25.8 Å². The molecule has 94 valence electrons. The molecule has 2 amide bonds. The molecule has 5 nitrogen and oxygen atoms in total. The molecule has 0 aliphatic carbocycles. The Morgan fingerprint density at radius 1 is 1.65 bits per heavy atom. The average Bonchev–Trinajstić information content (AvgIpc) is 2.97. The monoisotopic (exact) mass is 256 g/mol. The number of rotatable bonds is 4. The van der Waals surface area contributed by atoms with E-state index in [0.717, 1.165) is 4.88 Å². The van der Waals surface area contributed by atoms with Crippen LogP contribution >= 0.6 is 11.3 Å². The minimum Gasteiger partial charge on any atom is -0.377 e. The largest absolute Gasteiger partial charge is 0.377 e. The van der Waals surface area contributed by atoms with E-state index in [2.05, 4.69) is 10.6 Å². The van der Waals surface area contributed by atoms with Gasteiger partial charge in [0.15, 0.2) is 0 Å². The SMILES string of the molecule is CO[C@H]1COC[C@@H]1NC(=O)NCc1cccs1. The maximum atomic E-state index is 11.6. The van der Waals surface area contributed by atoms with E-state index in [1.165, 1.54) is 0 Å². The summed E-state index contributed by atoms with van der Waals surface area (Å²) in [7, 11) is 1.62. The van der Waals surface area contributed by atoms with Crippen LogP contribution in [0.4, 0.5) is 4.79 Å². The molecular weight excluding hydrogens is 240 g/mol. The predicted octanol–water partition coefficient (Wildman–Crippen LogP) is 0.961. The van der Waals surface area contributed by atoms with Gasteiger partial charge in [0, 0.05) is 12.0 Å². The molecule has 1 aliphatic rings. The van der Waals surface area contributed by atoms with Crippen molar-refractivity contribution in [1.29, 1.82) is 0 Å². The molecule has 0 unspecified atom stereocenters. The molecule has 1 aromatic rings. The number of ether oxygens (including phenoxy) is 2. The second-order valence-electron chi connectivity index (χ2n) is 3.82. The molecule has 2 heterocycles. The van der Waals surface area contributed by atoms with Gasteiger partial charge in [-0.15, -0.1) is 11.3 Å². The molecule has 1 aliphatic heterocycles. The summed E-state index contributed by atoms with van der Waals surface area (Å²) in [6.45, 7) is 1.59. The van der Waals surface area contributed by atoms with Gasteiger partial charge in [0.1, 0.15) is 6.10 Å². The number of urea groups is 1. The Morgan fingerprint density at radius 2 is 2.53 bits per heavy atom. The van der Waals surface area contributed by atoms with Crippen LogP contribution in [-0.4, -0.2) is 38.5 Å². The zero-order valence-electron chi connectivity index (χ0n) is 9.64. The number of amides is 2. The number of carbonyl (C=O) groups excluding carboxylic acids is 1. The van der Waals surface area contributed by atoms with Crippen LogP contribution in [0.1, 0.15) is 4.88 Å². The van der Waals surface area contributed by atoms with Gasteiger partial charge >= 0.3 is 6.03 Å². The zero-order chi connectivity index (χ0) is 12.1. The van der Waals surface area contributed by atoms with Crippen molar-refractivity contribution >= 4 is 17.4 Å².